The molecule has 3 rings (SSSR count). The van der Waals surface area contributed by atoms with Crippen molar-refractivity contribution in [3.8, 4) is 0 Å². The first-order valence-electron chi connectivity index (χ1n) is 8.35. The van der Waals surface area contributed by atoms with Gasteiger partial charge in [-0.1, -0.05) is 55.5 Å². The fourth-order valence-electron chi connectivity index (χ4n) is 3.45. The maximum atomic E-state index is 11.6. The fraction of sp³-hybridized carbons (Fsp3) is 0.300. The first-order valence-corrected chi connectivity index (χ1v) is 8.35. The van der Waals surface area contributed by atoms with Gasteiger partial charge in [0, 0.05) is 24.1 Å². The van der Waals surface area contributed by atoms with Gasteiger partial charge < -0.3 is 9.64 Å². The van der Waals surface area contributed by atoms with Crippen LogP contribution in [0.5, 0.6) is 0 Å². The van der Waals surface area contributed by atoms with Crippen LogP contribution < -0.4 is 4.90 Å². The monoisotopic (exact) mass is 338 g/mol. The van der Waals surface area contributed by atoms with E-state index in [1.54, 1.807) is 0 Å². The molecular weight excluding hydrogens is 316 g/mol. The van der Waals surface area contributed by atoms with Crippen LogP contribution in [0.3, 0.4) is 0 Å². The zero-order chi connectivity index (χ0) is 17.9. The van der Waals surface area contributed by atoms with Crippen LogP contribution >= 0.6 is 0 Å². The quantitative estimate of drug-likeness (QED) is 0.615. The zero-order valence-electron chi connectivity index (χ0n) is 14.5. The summed E-state index contributed by atoms with van der Waals surface area (Å²) < 4.78 is 5.51. The van der Waals surface area contributed by atoms with E-state index in [0.29, 0.717) is 25.3 Å². The maximum absolute atomic E-state index is 11.6. The highest BCUT2D eigenvalue weighted by Crippen LogP contribution is 2.38. The minimum absolute atomic E-state index is 0.131. The number of benzene rings is 2. The van der Waals surface area contributed by atoms with Gasteiger partial charge in [-0.05, 0) is 24.1 Å². The van der Waals surface area contributed by atoms with Gasteiger partial charge in [0.25, 0.3) is 5.88 Å². The number of nitrogens with zero attached hydrogens (tertiary/aromatic N) is 2. The van der Waals surface area contributed by atoms with Gasteiger partial charge in [0.2, 0.25) is 0 Å². The van der Waals surface area contributed by atoms with Crippen molar-refractivity contribution < 1.29 is 9.66 Å². The van der Waals surface area contributed by atoms with Crippen LogP contribution in [0.1, 0.15) is 25.3 Å². The first kappa shape index (κ1) is 17.0. The largest absolute Gasteiger partial charge is 0.478 e. The molecule has 1 atom stereocenters. The summed E-state index contributed by atoms with van der Waals surface area (Å²) in [6.07, 6.45) is 1.05. The van der Waals surface area contributed by atoms with Gasteiger partial charge in [0.15, 0.2) is 0 Å². The van der Waals surface area contributed by atoms with Crippen LogP contribution in [0, 0.1) is 10.1 Å². The molecule has 1 aliphatic heterocycles. The number of rotatable bonds is 4. The Morgan fingerprint density at radius 1 is 1.08 bits per heavy atom. The number of hydrogen-bond donors (Lipinski definition) is 0. The first-order chi connectivity index (χ1) is 12.0. The van der Waals surface area contributed by atoms with E-state index in [4.69, 9.17) is 4.74 Å². The second-order valence-corrected chi connectivity index (χ2v) is 6.56. The second-order valence-electron chi connectivity index (χ2n) is 6.56. The van der Waals surface area contributed by atoms with Gasteiger partial charge in [-0.25, -0.2) is 0 Å². The normalized spacial score (nSPS) is 21.0. The molecule has 0 saturated carbocycles. The molecule has 0 fully saturated rings. The standard InChI is InChI=1S/C20H22N2O3/c1-20(16-9-5-3-6-10-16)14-13-18(22(23)24)19(25-2)21(15-20)17-11-7-4-8-12-17/h3-12H,13-15H2,1-2H3. The number of para-hydroxylation sites is 1. The van der Waals surface area contributed by atoms with Gasteiger partial charge in [0.1, 0.15) is 0 Å². The predicted molar refractivity (Wildman–Crippen MR) is 97.8 cm³/mol. The van der Waals surface area contributed by atoms with E-state index in [2.05, 4.69) is 19.1 Å². The fourth-order valence-corrected chi connectivity index (χ4v) is 3.45. The molecule has 5 nitrogen and oxygen atoms in total. The number of anilines is 1. The van der Waals surface area contributed by atoms with Crippen LogP contribution in [0.2, 0.25) is 0 Å². The molecule has 0 amide bonds. The molecule has 0 bridgehead atoms. The highest BCUT2D eigenvalue weighted by molar-refractivity contribution is 5.53. The summed E-state index contributed by atoms with van der Waals surface area (Å²) in [6, 6.07) is 19.9. The van der Waals surface area contributed by atoms with Crippen LogP contribution in [0.15, 0.2) is 72.2 Å². The van der Waals surface area contributed by atoms with Crippen molar-refractivity contribution in [2.24, 2.45) is 0 Å². The lowest BCUT2D eigenvalue weighted by Gasteiger charge is -2.35. The Balaban J connectivity index is 2.11. The van der Waals surface area contributed by atoms with E-state index in [-0.39, 0.29) is 16.0 Å². The minimum atomic E-state index is -0.314. The van der Waals surface area contributed by atoms with Crippen molar-refractivity contribution in [2.45, 2.75) is 25.2 Å². The lowest BCUT2D eigenvalue weighted by Crippen LogP contribution is -2.37. The average Bonchev–Trinajstić information content (AvgIpc) is 2.80. The van der Waals surface area contributed by atoms with E-state index in [9.17, 15) is 10.1 Å². The molecular formula is C20H22N2O3. The molecule has 25 heavy (non-hydrogen) atoms. The molecule has 0 N–H and O–H groups in total. The van der Waals surface area contributed by atoms with Gasteiger partial charge in [-0.2, -0.15) is 0 Å². The van der Waals surface area contributed by atoms with E-state index in [1.807, 2.05) is 53.4 Å². The van der Waals surface area contributed by atoms with E-state index < -0.39 is 0 Å². The third-order valence-electron chi connectivity index (χ3n) is 4.87. The van der Waals surface area contributed by atoms with Gasteiger partial charge in [0.05, 0.1) is 12.0 Å². The lowest BCUT2D eigenvalue weighted by molar-refractivity contribution is -0.431. The number of nitro groups is 1. The number of allylic oxidation sites excluding steroid dienone is 1. The molecule has 0 aromatic heterocycles. The Hall–Kier alpha value is -2.82. The van der Waals surface area contributed by atoms with E-state index >= 15 is 0 Å². The van der Waals surface area contributed by atoms with Gasteiger partial charge in [-0.15, -0.1) is 0 Å². The Morgan fingerprint density at radius 2 is 1.68 bits per heavy atom. The summed E-state index contributed by atoms with van der Waals surface area (Å²) in [4.78, 5) is 13.3. The third-order valence-corrected chi connectivity index (χ3v) is 4.87. The van der Waals surface area contributed by atoms with Gasteiger partial charge in [-0.3, -0.25) is 10.1 Å². The minimum Gasteiger partial charge on any atom is -0.478 e. The third kappa shape index (κ3) is 3.36. The van der Waals surface area contributed by atoms with Crippen LogP contribution in [0.4, 0.5) is 5.69 Å². The summed E-state index contributed by atoms with van der Waals surface area (Å²) in [7, 11) is 1.50. The summed E-state index contributed by atoms with van der Waals surface area (Å²) in [6.45, 7) is 2.77. The molecule has 130 valence electrons. The zero-order valence-corrected chi connectivity index (χ0v) is 14.5. The number of hydrogen-bond acceptors (Lipinski definition) is 4. The lowest BCUT2D eigenvalue weighted by atomic mass is 9.78. The van der Waals surface area contributed by atoms with Gasteiger partial charge >= 0.3 is 5.70 Å². The number of methoxy groups -OCH3 is 1. The molecule has 1 unspecified atom stereocenters. The Kier molecular flexibility index (Phi) is 4.74. The molecule has 0 radical (unpaired) electrons. The van der Waals surface area contributed by atoms with E-state index in [1.165, 1.54) is 12.7 Å². The van der Waals surface area contributed by atoms with Crippen molar-refractivity contribution in [2.75, 3.05) is 18.6 Å². The van der Waals surface area contributed by atoms with Crippen LogP contribution in [-0.2, 0) is 10.2 Å². The summed E-state index contributed by atoms with van der Waals surface area (Å²) in [5, 5.41) is 11.6. The highest BCUT2D eigenvalue weighted by Gasteiger charge is 2.39. The summed E-state index contributed by atoms with van der Waals surface area (Å²) >= 11 is 0. The van der Waals surface area contributed by atoms with Crippen LogP contribution in [0.25, 0.3) is 0 Å². The van der Waals surface area contributed by atoms with Crippen molar-refractivity contribution in [3.63, 3.8) is 0 Å². The van der Waals surface area contributed by atoms with E-state index in [0.717, 1.165) is 5.69 Å². The molecule has 2 aromatic rings. The Morgan fingerprint density at radius 3 is 2.24 bits per heavy atom. The smallest absolute Gasteiger partial charge is 0.305 e. The molecule has 1 aliphatic rings. The topological polar surface area (TPSA) is 55.6 Å². The molecule has 0 spiro atoms. The highest BCUT2D eigenvalue weighted by atomic mass is 16.6. The van der Waals surface area contributed by atoms with Crippen molar-refractivity contribution in [1.82, 2.24) is 0 Å². The molecule has 0 saturated heterocycles. The molecule has 0 aliphatic carbocycles. The van der Waals surface area contributed by atoms with Crippen LogP contribution in [-0.4, -0.2) is 18.6 Å². The van der Waals surface area contributed by atoms with Crippen molar-refractivity contribution in [1.29, 1.82) is 0 Å². The predicted octanol–water partition coefficient (Wildman–Crippen LogP) is 4.34. The summed E-state index contributed by atoms with van der Waals surface area (Å²) in [5.74, 6) is 0.329. The second kappa shape index (κ2) is 6.97. The summed E-state index contributed by atoms with van der Waals surface area (Å²) in [5.41, 5.74) is 1.98. The average molecular weight is 338 g/mol. The Labute approximate surface area is 147 Å². The van der Waals surface area contributed by atoms with Crippen molar-refractivity contribution >= 4 is 5.69 Å². The molecule has 5 heteroatoms. The maximum Gasteiger partial charge on any atom is 0.305 e. The molecule has 1 heterocycles. The number of ether oxygens (including phenoxy) is 1. The Bertz CT molecular complexity index is 774. The molecule has 2 aromatic carbocycles. The van der Waals surface area contributed by atoms with Crippen molar-refractivity contribution in [3.05, 3.63) is 87.9 Å². The SMILES string of the molecule is COC1=C([N+](=O)[O-])CCC(C)(c2ccccc2)CN1c1ccccc1.